The molecule has 1 aliphatic heterocycles. The van der Waals surface area contributed by atoms with Crippen LogP contribution >= 0.6 is 11.6 Å². The van der Waals surface area contributed by atoms with Crippen LogP contribution in [-0.4, -0.2) is 23.4 Å². The quantitative estimate of drug-likeness (QED) is 0.858. The van der Waals surface area contributed by atoms with Gasteiger partial charge >= 0.3 is 0 Å². The Bertz CT molecular complexity index is 459. The molecule has 1 aromatic rings. The Balaban J connectivity index is 2.21. The van der Waals surface area contributed by atoms with Crippen LogP contribution in [0.5, 0.6) is 0 Å². The van der Waals surface area contributed by atoms with Crippen molar-refractivity contribution in [2.24, 2.45) is 0 Å². The summed E-state index contributed by atoms with van der Waals surface area (Å²) in [5, 5.41) is 0.450. The van der Waals surface area contributed by atoms with E-state index in [0.29, 0.717) is 22.3 Å². The van der Waals surface area contributed by atoms with Crippen LogP contribution in [0.4, 0.5) is 5.69 Å². The lowest BCUT2D eigenvalue weighted by atomic mass is 9.97. The summed E-state index contributed by atoms with van der Waals surface area (Å²) in [5.41, 5.74) is 6.83. The van der Waals surface area contributed by atoms with Crippen molar-refractivity contribution >= 4 is 23.2 Å². The van der Waals surface area contributed by atoms with Crippen LogP contribution in [0.3, 0.4) is 0 Å². The number of halogens is 1. The fraction of sp³-hybridized carbons (Fsp3) is 0.533. The number of nitrogens with two attached hydrogens (primary N) is 1. The van der Waals surface area contributed by atoms with Gasteiger partial charge in [0, 0.05) is 18.3 Å². The predicted molar refractivity (Wildman–Crippen MR) is 79.4 cm³/mol. The van der Waals surface area contributed by atoms with Gasteiger partial charge in [0.15, 0.2) is 0 Å². The zero-order chi connectivity index (χ0) is 13.8. The van der Waals surface area contributed by atoms with Crippen molar-refractivity contribution in [2.75, 3.05) is 12.3 Å². The van der Waals surface area contributed by atoms with Gasteiger partial charge in [-0.3, -0.25) is 4.79 Å². The van der Waals surface area contributed by atoms with Gasteiger partial charge in [-0.25, -0.2) is 0 Å². The third-order valence-corrected chi connectivity index (χ3v) is 4.05. The lowest BCUT2D eigenvalue weighted by molar-refractivity contribution is 0.0601. The largest absolute Gasteiger partial charge is 0.399 e. The third kappa shape index (κ3) is 3.21. The maximum atomic E-state index is 12.6. The van der Waals surface area contributed by atoms with Crippen LogP contribution in [0.1, 0.15) is 49.4 Å². The first kappa shape index (κ1) is 14.2. The molecular weight excluding hydrogens is 260 g/mol. The van der Waals surface area contributed by atoms with Gasteiger partial charge in [-0.15, -0.1) is 0 Å². The zero-order valence-corrected chi connectivity index (χ0v) is 12.1. The van der Waals surface area contributed by atoms with Crippen LogP contribution in [-0.2, 0) is 0 Å². The summed E-state index contributed by atoms with van der Waals surface area (Å²) in [4.78, 5) is 14.6. The highest BCUT2D eigenvalue weighted by atomic mass is 35.5. The highest BCUT2D eigenvalue weighted by Crippen LogP contribution is 2.26. The van der Waals surface area contributed by atoms with Gasteiger partial charge in [-0.05, 0) is 43.9 Å². The van der Waals surface area contributed by atoms with Crippen molar-refractivity contribution in [1.29, 1.82) is 0 Å². The SMILES string of the molecule is CCCC1CCCCN1C(=O)c1ccc(N)cc1Cl. The molecule has 1 aromatic carbocycles. The standard InChI is InChI=1S/C15H21ClN2O/c1-2-5-12-6-3-4-9-18(12)15(19)13-8-7-11(17)10-14(13)16/h7-8,10,12H,2-6,9,17H2,1H3. The van der Waals surface area contributed by atoms with Crippen molar-refractivity contribution in [3.63, 3.8) is 0 Å². The van der Waals surface area contributed by atoms with Crippen molar-refractivity contribution < 1.29 is 4.79 Å². The van der Waals surface area contributed by atoms with Crippen molar-refractivity contribution in [2.45, 2.75) is 45.1 Å². The Morgan fingerprint density at radius 1 is 1.47 bits per heavy atom. The highest BCUT2D eigenvalue weighted by Gasteiger charge is 2.27. The molecule has 0 aliphatic carbocycles. The van der Waals surface area contributed by atoms with Crippen LogP contribution in [0.2, 0.25) is 5.02 Å². The molecule has 0 spiro atoms. The molecule has 0 saturated carbocycles. The first-order valence-corrected chi connectivity index (χ1v) is 7.37. The number of anilines is 1. The van der Waals surface area contributed by atoms with Crippen molar-refractivity contribution in [3.8, 4) is 0 Å². The van der Waals surface area contributed by atoms with E-state index in [9.17, 15) is 4.79 Å². The molecule has 4 heteroatoms. The van der Waals surface area contributed by atoms with Crippen LogP contribution in [0.25, 0.3) is 0 Å². The number of carbonyl (C=O) groups excluding carboxylic acids is 1. The molecule has 0 aromatic heterocycles. The molecule has 2 rings (SSSR count). The number of amides is 1. The molecule has 1 saturated heterocycles. The molecule has 104 valence electrons. The van der Waals surface area contributed by atoms with Crippen LogP contribution in [0, 0.1) is 0 Å². The third-order valence-electron chi connectivity index (χ3n) is 3.73. The molecule has 1 aliphatic rings. The minimum Gasteiger partial charge on any atom is -0.399 e. The lowest BCUT2D eigenvalue weighted by Gasteiger charge is -2.36. The van der Waals surface area contributed by atoms with Crippen molar-refractivity contribution in [1.82, 2.24) is 4.90 Å². The number of rotatable bonds is 3. The summed E-state index contributed by atoms with van der Waals surface area (Å²) in [7, 11) is 0. The van der Waals surface area contributed by atoms with Gasteiger partial charge < -0.3 is 10.6 Å². The monoisotopic (exact) mass is 280 g/mol. The predicted octanol–water partition coefficient (Wildman–Crippen LogP) is 3.72. The molecule has 2 N–H and O–H groups in total. The van der Waals surface area contributed by atoms with Crippen LogP contribution in [0.15, 0.2) is 18.2 Å². The number of benzene rings is 1. The molecule has 1 atom stereocenters. The van der Waals surface area contributed by atoms with Gasteiger partial charge in [-0.2, -0.15) is 0 Å². The van der Waals surface area contributed by atoms with Gasteiger partial charge in [0.2, 0.25) is 0 Å². The summed E-state index contributed by atoms with van der Waals surface area (Å²) in [6, 6.07) is 5.48. The van der Waals surface area contributed by atoms with Gasteiger partial charge in [0.1, 0.15) is 0 Å². The number of hydrogen-bond donors (Lipinski definition) is 1. The molecule has 1 unspecified atom stereocenters. The van der Waals surface area contributed by atoms with Gasteiger partial charge in [0.25, 0.3) is 5.91 Å². The summed E-state index contributed by atoms with van der Waals surface area (Å²) in [6.07, 6.45) is 5.57. The summed E-state index contributed by atoms with van der Waals surface area (Å²) in [6.45, 7) is 3.00. The zero-order valence-electron chi connectivity index (χ0n) is 11.4. The second-order valence-electron chi connectivity index (χ2n) is 5.18. The Labute approximate surface area is 119 Å². The van der Waals surface area contributed by atoms with E-state index in [4.69, 9.17) is 17.3 Å². The molecule has 0 radical (unpaired) electrons. The molecule has 1 amide bonds. The lowest BCUT2D eigenvalue weighted by Crippen LogP contribution is -2.43. The molecule has 0 bridgehead atoms. The Morgan fingerprint density at radius 2 is 2.26 bits per heavy atom. The normalized spacial score (nSPS) is 19.5. The molecular formula is C15H21ClN2O. The number of nitrogen functional groups attached to an aromatic ring is 1. The molecule has 1 fully saturated rings. The molecule has 3 nitrogen and oxygen atoms in total. The fourth-order valence-electron chi connectivity index (χ4n) is 2.76. The Kier molecular flexibility index (Phi) is 4.70. The minimum absolute atomic E-state index is 0.0446. The van der Waals surface area contributed by atoms with Gasteiger partial charge in [0.05, 0.1) is 10.6 Å². The topological polar surface area (TPSA) is 46.3 Å². The van der Waals surface area contributed by atoms with E-state index in [1.807, 2.05) is 4.90 Å². The van der Waals surface area contributed by atoms with Crippen molar-refractivity contribution in [3.05, 3.63) is 28.8 Å². The van der Waals surface area contributed by atoms with E-state index in [1.165, 1.54) is 6.42 Å². The maximum absolute atomic E-state index is 12.6. The number of hydrogen-bond acceptors (Lipinski definition) is 2. The van der Waals surface area contributed by atoms with E-state index < -0.39 is 0 Å². The average Bonchev–Trinajstić information content (AvgIpc) is 2.39. The first-order valence-electron chi connectivity index (χ1n) is 6.99. The van der Waals surface area contributed by atoms with E-state index in [-0.39, 0.29) is 5.91 Å². The average molecular weight is 281 g/mol. The Morgan fingerprint density at radius 3 is 2.95 bits per heavy atom. The molecule has 1 heterocycles. The highest BCUT2D eigenvalue weighted by molar-refractivity contribution is 6.34. The number of piperidine rings is 1. The summed E-state index contributed by atoms with van der Waals surface area (Å²) < 4.78 is 0. The first-order chi connectivity index (χ1) is 9.13. The number of carbonyl (C=O) groups is 1. The molecule has 19 heavy (non-hydrogen) atoms. The van der Waals surface area contributed by atoms with E-state index in [0.717, 1.165) is 32.2 Å². The van der Waals surface area contributed by atoms with E-state index in [2.05, 4.69) is 6.92 Å². The van der Waals surface area contributed by atoms with Crippen LogP contribution < -0.4 is 5.73 Å². The second-order valence-corrected chi connectivity index (χ2v) is 5.58. The smallest absolute Gasteiger partial charge is 0.255 e. The Hall–Kier alpha value is -1.22. The summed E-state index contributed by atoms with van der Waals surface area (Å²) in [5.74, 6) is 0.0446. The number of nitrogens with zero attached hydrogens (tertiary/aromatic N) is 1. The van der Waals surface area contributed by atoms with E-state index in [1.54, 1.807) is 18.2 Å². The minimum atomic E-state index is 0.0446. The fourth-order valence-corrected chi connectivity index (χ4v) is 3.03. The maximum Gasteiger partial charge on any atom is 0.255 e. The van der Waals surface area contributed by atoms with E-state index >= 15 is 0 Å². The second kappa shape index (κ2) is 6.29. The summed E-state index contributed by atoms with van der Waals surface area (Å²) >= 11 is 6.14. The van der Waals surface area contributed by atoms with Gasteiger partial charge in [-0.1, -0.05) is 24.9 Å². The number of likely N-dealkylation sites (tertiary alicyclic amines) is 1.